The number of nitrogens with zero attached hydrogens (tertiary/aromatic N) is 2. The van der Waals surface area contributed by atoms with E-state index in [9.17, 15) is 9.59 Å². The molecule has 23 heavy (non-hydrogen) atoms. The van der Waals surface area contributed by atoms with Gasteiger partial charge in [-0.25, -0.2) is 4.79 Å². The van der Waals surface area contributed by atoms with Gasteiger partial charge in [-0.3, -0.25) is 9.48 Å². The van der Waals surface area contributed by atoms with Crippen LogP contribution >= 0.6 is 0 Å². The van der Waals surface area contributed by atoms with Crippen molar-refractivity contribution in [3.63, 3.8) is 0 Å². The molecule has 0 saturated heterocycles. The van der Waals surface area contributed by atoms with Crippen molar-refractivity contribution in [3.8, 4) is 5.88 Å². The van der Waals surface area contributed by atoms with Gasteiger partial charge in [0.1, 0.15) is 5.69 Å². The van der Waals surface area contributed by atoms with E-state index < -0.39 is 5.97 Å². The average molecular weight is 318 g/mol. The third kappa shape index (κ3) is 2.35. The number of rotatable bonds is 3. The molecule has 5 rings (SSSR count). The van der Waals surface area contributed by atoms with Crippen molar-refractivity contribution in [3.05, 3.63) is 11.8 Å². The lowest BCUT2D eigenvalue weighted by Crippen LogP contribution is -2.51. The van der Waals surface area contributed by atoms with Crippen molar-refractivity contribution in [2.45, 2.75) is 38.5 Å². The van der Waals surface area contributed by atoms with Crippen LogP contribution in [0.5, 0.6) is 5.88 Å². The molecule has 0 unspecified atom stereocenters. The minimum Gasteiger partial charge on any atom is -0.464 e. The van der Waals surface area contributed by atoms with Gasteiger partial charge in [0.05, 0.1) is 12.5 Å². The highest BCUT2D eigenvalue weighted by molar-refractivity contribution is 5.88. The molecular weight excluding hydrogens is 296 g/mol. The summed E-state index contributed by atoms with van der Waals surface area (Å²) >= 11 is 0. The topological polar surface area (TPSA) is 70.4 Å². The number of ether oxygens (including phenoxy) is 2. The van der Waals surface area contributed by atoms with E-state index in [0.29, 0.717) is 17.8 Å². The van der Waals surface area contributed by atoms with Gasteiger partial charge in [0.15, 0.2) is 0 Å². The molecule has 0 N–H and O–H groups in total. The Balaban J connectivity index is 1.53. The maximum Gasteiger partial charge on any atom is 0.356 e. The zero-order valence-electron chi connectivity index (χ0n) is 13.6. The third-order valence-electron chi connectivity index (χ3n) is 5.92. The Bertz CT molecular complexity index is 628. The van der Waals surface area contributed by atoms with Gasteiger partial charge in [0, 0.05) is 13.1 Å². The molecule has 0 aromatic carbocycles. The Morgan fingerprint density at radius 2 is 1.74 bits per heavy atom. The smallest absolute Gasteiger partial charge is 0.356 e. The summed E-state index contributed by atoms with van der Waals surface area (Å²) in [6, 6.07) is 1.48. The average Bonchev–Trinajstić information content (AvgIpc) is 2.85. The number of hydrogen-bond donors (Lipinski definition) is 0. The molecule has 0 amide bonds. The van der Waals surface area contributed by atoms with E-state index in [4.69, 9.17) is 9.47 Å². The van der Waals surface area contributed by atoms with Crippen molar-refractivity contribution >= 4 is 11.9 Å². The third-order valence-corrected chi connectivity index (χ3v) is 5.92. The molecule has 4 saturated carbocycles. The summed E-state index contributed by atoms with van der Waals surface area (Å²) in [6.45, 7) is 0. The predicted octanol–water partition coefficient (Wildman–Crippen LogP) is 2.33. The fourth-order valence-electron chi connectivity index (χ4n) is 5.35. The van der Waals surface area contributed by atoms with Gasteiger partial charge in [-0.05, 0) is 56.3 Å². The summed E-state index contributed by atoms with van der Waals surface area (Å²) < 4.78 is 11.7. The second kappa shape index (κ2) is 5.08. The maximum atomic E-state index is 12.8. The number of esters is 2. The Kier molecular flexibility index (Phi) is 3.25. The van der Waals surface area contributed by atoms with Crippen molar-refractivity contribution in [2.75, 3.05) is 7.11 Å². The van der Waals surface area contributed by atoms with Gasteiger partial charge in [-0.15, -0.1) is 5.10 Å². The van der Waals surface area contributed by atoms with Crippen molar-refractivity contribution in [1.29, 1.82) is 0 Å². The van der Waals surface area contributed by atoms with Crippen LogP contribution in [0.4, 0.5) is 0 Å². The molecule has 0 atom stereocenters. The molecule has 0 spiro atoms. The van der Waals surface area contributed by atoms with Crippen molar-refractivity contribution in [1.82, 2.24) is 9.78 Å². The van der Waals surface area contributed by atoms with Crippen LogP contribution in [0.25, 0.3) is 0 Å². The van der Waals surface area contributed by atoms with Crippen LogP contribution in [0.3, 0.4) is 0 Å². The van der Waals surface area contributed by atoms with Crippen molar-refractivity contribution < 1.29 is 19.1 Å². The lowest BCUT2D eigenvalue weighted by atomic mass is 9.49. The molecule has 4 aliphatic carbocycles. The standard InChI is InChI=1S/C17H22N2O4/c1-19-13(15(20)22-2)6-14(18-19)23-16(21)17-7-10-3-11(8-17)5-12(4-10)9-17/h6,10-12H,3-5,7-9H2,1-2H3. The summed E-state index contributed by atoms with van der Waals surface area (Å²) in [5.74, 6) is 1.59. The molecule has 6 heteroatoms. The Morgan fingerprint density at radius 1 is 1.17 bits per heavy atom. The van der Waals surface area contributed by atoms with Crippen LogP contribution in [0.1, 0.15) is 49.0 Å². The van der Waals surface area contributed by atoms with Crippen LogP contribution in [0.2, 0.25) is 0 Å². The fraction of sp³-hybridized carbons (Fsp3) is 0.706. The van der Waals surface area contributed by atoms with Crippen LogP contribution in [-0.4, -0.2) is 28.8 Å². The van der Waals surface area contributed by atoms with Crippen LogP contribution < -0.4 is 4.74 Å². The molecule has 4 bridgehead atoms. The first-order valence-electron chi connectivity index (χ1n) is 8.34. The van der Waals surface area contributed by atoms with Gasteiger partial charge >= 0.3 is 11.9 Å². The maximum absolute atomic E-state index is 12.8. The summed E-state index contributed by atoms with van der Waals surface area (Å²) in [7, 11) is 2.95. The molecule has 4 aliphatic rings. The van der Waals surface area contributed by atoms with Crippen LogP contribution in [0.15, 0.2) is 6.07 Å². The summed E-state index contributed by atoms with van der Waals surface area (Å²) in [6.07, 6.45) is 6.70. The summed E-state index contributed by atoms with van der Waals surface area (Å²) in [5, 5.41) is 4.12. The molecule has 1 heterocycles. The molecule has 0 aliphatic heterocycles. The minimum absolute atomic E-state index is 0.161. The Morgan fingerprint density at radius 3 is 2.26 bits per heavy atom. The molecular formula is C17H22N2O4. The first-order valence-corrected chi connectivity index (χ1v) is 8.34. The van der Waals surface area contributed by atoms with Gasteiger partial charge in [0.25, 0.3) is 0 Å². The first-order chi connectivity index (χ1) is 11.0. The highest BCUT2D eigenvalue weighted by atomic mass is 16.5. The zero-order valence-corrected chi connectivity index (χ0v) is 13.6. The zero-order chi connectivity index (χ0) is 16.2. The summed E-state index contributed by atoms with van der Waals surface area (Å²) in [5.41, 5.74) is -0.0432. The van der Waals surface area contributed by atoms with Gasteiger partial charge in [-0.1, -0.05) is 0 Å². The largest absolute Gasteiger partial charge is 0.464 e. The fourth-order valence-corrected chi connectivity index (χ4v) is 5.35. The number of aryl methyl sites for hydroxylation is 1. The molecule has 1 aromatic heterocycles. The monoisotopic (exact) mass is 318 g/mol. The van der Waals surface area contributed by atoms with E-state index in [1.165, 1.54) is 37.1 Å². The van der Waals surface area contributed by atoms with Gasteiger partial charge < -0.3 is 9.47 Å². The number of carbonyl (C=O) groups excluding carboxylic acids is 2. The van der Waals surface area contributed by atoms with Gasteiger partial charge in [0.2, 0.25) is 5.88 Å². The van der Waals surface area contributed by atoms with E-state index in [2.05, 4.69) is 5.10 Å². The number of carbonyl (C=O) groups is 2. The lowest BCUT2D eigenvalue weighted by Gasteiger charge is -2.54. The molecule has 4 fully saturated rings. The molecule has 6 nitrogen and oxygen atoms in total. The Labute approximate surface area is 135 Å². The number of methoxy groups -OCH3 is 1. The van der Waals surface area contributed by atoms with Crippen LogP contribution in [0, 0.1) is 23.2 Å². The number of hydrogen-bond acceptors (Lipinski definition) is 5. The quantitative estimate of drug-likeness (QED) is 0.800. The lowest BCUT2D eigenvalue weighted by molar-refractivity contribution is -0.161. The molecule has 124 valence electrons. The van der Waals surface area contributed by atoms with Gasteiger partial charge in [-0.2, -0.15) is 0 Å². The van der Waals surface area contributed by atoms with E-state index >= 15 is 0 Å². The minimum atomic E-state index is -0.489. The highest BCUT2D eigenvalue weighted by Gasteiger charge is 2.55. The Hall–Kier alpha value is -1.85. The normalized spacial score (nSPS) is 34.4. The van der Waals surface area contributed by atoms with Crippen LogP contribution in [-0.2, 0) is 16.6 Å². The van der Waals surface area contributed by atoms with E-state index in [-0.39, 0.29) is 23.0 Å². The van der Waals surface area contributed by atoms with E-state index in [1.807, 2.05) is 0 Å². The first kappa shape index (κ1) is 14.7. The molecule has 0 radical (unpaired) electrons. The second-order valence-electron chi connectivity index (χ2n) is 7.57. The second-order valence-corrected chi connectivity index (χ2v) is 7.57. The predicted molar refractivity (Wildman–Crippen MR) is 80.8 cm³/mol. The highest BCUT2D eigenvalue weighted by Crippen LogP contribution is 2.60. The van der Waals surface area contributed by atoms with E-state index in [0.717, 1.165) is 19.3 Å². The SMILES string of the molecule is COC(=O)c1cc(OC(=O)C23CC4CC(CC(C4)C2)C3)nn1C. The number of aromatic nitrogens is 2. The molecule has 1 aromatic rings. The van der Waals surface area contributed by atoms with E-state index in [1.54, 1.807) is 7.05 Å². The summed E-state index contributed by atoms with van der Waals surface area (Å²) in [4.78, 5) is 24.5. The van der Waals surface area contributed by atoms with Crippen molar-refractivity contribution in [2.24, 2.45) is 30.2 Å².